The Morgan fingerprint density at radius 2 is 1.67 bits per heavy atom. The maximum atomic E-state index is 13.1. The van der Waals surface area contributed by atoms with E-state index in [0.29, 0.717) is 47.4 Å². The summed E-state index contributed by atoms with van der Waals surface area (Å²) >= 11 is 6.13. The van der Waals surface area contributed by atoms with E-state index in [2.05, 4.69) is 15.2 Å². The molecule has 0 radical (unpaired) electrons. The van der Waals surface area contributed by atoms with E-state index in [0.717, 1.165) is 17.1 Å². The molecule has 0 atom stereocenters. The van der Waals surface area contributed by atoms with Crippen molar-refractivity contribution in [1.82, 2.24) is 19.5 Å². The number of pyridine rings is 1. The number of hydrogen-bond acceptors (Lipinski definition) is 6. The minimum Gasteiger partial charge on any atom is -0.352 e. The van der Waals surface area contributed by atoms with Crippen LogP contribution in [0.4, 0.5) is 5.82 Å². The summed E-state index contributed by atoms with van der Waals surface area (Å²) in [5.41, 5.74) is 2.88. The highest BCUT2D eigenvalue weighted by atomic mass is 35.5. The van der Waals surface area contributed by atoms with Gasteiger partial charge in [-0.2, -0.15) is 4.31 Å². The van der Waals surface area contributed by atoms with Crippen LogP contribution < -0.4 is 4.90 Å². The third-order valence-electron chi connectivity index (χ3n) is 5.21. The highest BCUT2D eigenvalue weighted by Crippen LogP contribution is 2.27. The smallest absolute Gasteiger partial charge is 0.243 e. The molecule has 3 aromatic rings. The van der Waals surface area contributed by atoms with Gasteiger partial charge in [-0.15, -0.1) is 10.2 Å². The molecule has 0 aliphatic carbocycles. The molecule has 1 saturated heterocycles. The summed E-state index contributed by atoms with van der Waals surface area (Å²) in [7, 11) is -3.58. The fourth-order valence-electron chi connectivity index (χ4n) is 3.47. The molecule has 0 bridgehead atoms. The molecule has 1 fully saturated rings. The number of sulfonamides is 1. The average Bonchev–Trinajstić information content (AvgIpc) is 2.77. The van der Waals surface area contributed by atoms with Gasteiger partial charge in [-0.25, -0.2) is 8.42 Å². The Morgan fingerprint density at radius 1 is 0.900 bits per heavy atom. The predicted octanol–water partition coefficient (Wildman–Crippen LogP) is 3.32. The first-order valence-electron chi connectivity index (χ1n) is 9.63. The highest BCUT2D eigenvalue weighted by Gasteiger charge is 2.30. The molecule has 4 rings (SSSR count). The van der Waals surface area contributed by atoms with Crippen LogP contribution in [0.2, 0.25) is 5.02 Å². The van der Waals surface area contributed by atoms with Crippen LogP contribution in [0.5, 0.6) is 0 Å². The molecule has 0 unspecified atom stereocenters. The van der Waals surface area contributed by atoms with Crippen molar-refractivity contribution in [3.63, 3.8) is 0 Å². The summed E-state index contributed by atoms with van der Waals surface area (Å²) in [5.74, 6) is 0.727. The van der Waals surface area contributed by atoms with Crippen LogP contribution in [0.1, 0.15) is 11.1 Å². The fraction of sp³-hybridized carbons (Fsp3) is 0.286. The van der Waals surface area contributed by atoms with Gasteiger partial charge in [0.15, 0.2) is 5.82 Å². The zero-order valence-electron chi connectivity index (χ0n) is 16.8. The lowest BCUT2D eigenvalue weighted by Gasteiger charge is -2.34. The summed E-state index contributed by atoms with van der Waals surface area (Å²) in [6.45, 7) is 5.43. The zero-order valence-corrected chi connectivity index (χ0v) is 18.4. The molecule has 0 saturated carbocycles. The Hall–Kier alpha value is -2.55. The summed E-state index contributed by atoms with van der Waals surface area (Å²) in [4.78, 5) is 6.64. The maximum absolute atomic E-state index is 13.1. The van der Waals surface area contributed by atoms with E-state index in [1.54, 1.807) is 25.3 Å². The number of halogens is 1. The molecule has 0 amide bonds. The number of nitrogens with zero attached hydrogens (tertiary/aromatic N) is 5. The van der Waals surface area contributed by atoms with Crippen LogP contribution in [-0.4, -0.2) is 54.1 Å². The van der Waals surface area contributed by atoms with Crippen molar-refractivity contribution >= 4 is 27.4 Å². The van der Waals surface area contributed by atoms with E-state index in [-0.39, 0.29) is 0 Å². The van der Waals surface area contributed by atoms with Crippen LogP contribution in [0.15, 0.2) is 53.6 Å². The molecule has 1 aliphatic rings. The minimum absolute atomic E-state index is 0.317. The van der Waals surface area contributed by atoms with E-state index in [4.69, 9.17) is 11.6 Å². The standard InChI is InChI=1S/C21H22ClN5O2S/c1-15-14-20(16(2)13-17(15)22)30(28,29)27-11-9-26(10-12-27)21-7-6-19(24-25-21)18-5-3-4-8-23-18/h3-8,13-14H,9-12H2,1-2H3. The molecule has 9 heteroatoms. The van der Waals surface area contributed by atoms with Crippen molar-refractivity contribution in [3.8, 4) is 11.4 Å². The number of rotatable bonds is 4. The third-order valence-corrected chi connectivity index (χ3v) is 7.66. The summed E-state index contributed by atoms with van der Waals surface area (Å²) in [5, 5.41) is 9.16. The van der Waals surface area contributed by atoms with Crippen LogP contribution >= 0.6 is 11.6 Å². The van der Waals surface area contributed by atoms with Crippen molar-refractivity contribution in [2.24, 2.45) is 0 Å². The zero-order chi connectivity index (χ0) is 21.3. The molecule has 7 nitrogen and oxygen atoms in total. The van der Waals surface area contributed by atoms with Crippen molar-refractivity contribution in [1.29, 1.82) is 0 Å². The number of anilines is 1. The van der Waals surface area contributed by atoms with Gasteiger partial charge in [0.25, 0.3) is 0 Å². The minimum atomic E-state index is -3.58. The number of aromatic nitrogens is 3. The van der Waals surface area contributed by atoms with Crippen LogP contribution in [0.3, 0.4) is 0 Å². The van der Waals surface area contributed by atoms with Gasteiger partial charge in [-0.05, 0) is 61.4 Å². The second kappa shape index (κ2) is 8.29. The quantitative estimate of drug-likeness (QED) is 0.615. The first kappa shape index (κ1) is 20.7. The van der Waals surface area contributed by atoms with Crippen LogP contribution in [-0.2, 0) is 10.0 Å². The Bertz CT molecular complexity index is 1150. The number of aryl methyl sites for hydroxylation is 2. The normalized spacial score (nSPS) is 15.4. The second-order valence-corrected chi connectivity index (χ2v) is 9.56. The van der Waals surface area contributed by atoms with E-state index in [9.17, 15) is 8.42 Å². The Kier molecular flexibility index (Phi) is 5.73. The molecule has 0 spiro atoms. The fourth-order valence-corrected chi connectivity index (χ4v) is 5.41. The van der Waals surface area contributed by atoms with E-state index < -0.39 is 10.0 Å². The predicted molar refractivity (Wildman–Crippen MR) is 117 cm³/mol. The van der Waals surface area contributed by atoms with E-state index >= 15 is 0 Å². The van der Waals surface area contributed by atoms with E-state index in [1.165, 1.54) is 4.31 Å². The summed E-state index contributed by atoms with van der Waals surface area (Å²) in [6, 6.07) is 12.8. The molecule has 1 aliphatic heterocycles. The summed E-state index contributed by atoms with van der Waals surface area (Å²) in [6.07, 6.45) is 1.72. The SMILES string of the molecule is Cc1cc(S(=O)(=O)N2CCN(c3ccc(-c4ccccn4)nn3)CC2)c(C)cc1Cl. The molecule has 0 N–H and O–H groups in total. The van der Waals surface area contributed by atoms with Crippen molar-refractivity contribution in [2.45, 2.75) is 18.7 Å². The monoisotopic (exact) mass is 443 g/mol. The van der Waals surface area contributed by atoms with Gasteiger partial charge in [0.2, 0.25) is 10.0 Å². The number of hydrogen-bond donors (Lipinski definition) is 0. The third kappa shape index (κ3) is 4.03. The first-order chi connectivity index (χ1) is 14.4. The lowest BCUT2D eigenvalue weighted by molar-refractivity contribution is 0.383. The lowest BCUT2D eigenvalue weighted by Crippen LogP contribution is -2.49. The molecular formula is C21H22ClN5O2S. The highest BCUT2D eigenvalue weighted by molar-refractivity contribution is 7.89. The van der Waals surface area contributed by atoms with Crippen molar-refractivity contribution in [3.05, 3.63) is 64.8 Å². The largest absolute Gasteiger partial charge is 0.352 e. The molecular weight excluding hydrogens is 422 g/mol. The lowest BCUT2D eigenvalue weighted by atomic mass is 10.2. The molecule has 3 heterocycles. The average molecular weight is 444 g/mol. The van der Waals surface area contributed by atoms with Gasteiger partial charge < -0.3 is 4.90 Å². The number of benzene rings is 1. The van der Waals surface area contributed by atoms with Crippen molar-refractivity contribution < 1.29 is 8.42 Å². The van der Waals surface area contributed by atoms with Gasteiger partial charge in [-0.3, -0.25) is 4.98 Å². The van der Waals surface area contributed by atoms with Gasteiger partial charge in [0, 0.05) is 37.4 Å². The first-order valence-corrected chi connectivity index (χ1v) is 11.4. The summed E-state index contributed by atoms with van der Waals surface area (Å²) < 4.78 is 27.8. The molecule has 156 valence electrons. The molecule has 2 aromatic heterocycles. The van der Waals surface area contributed by atoms with E-state index in [1.807, 2.05) is 42.2 Å². The Morgan fingerprint density at radius 3 is 2.30 bits per heavy atom. The van der Waals surface area contributed by atoms with Crippen LogP contribution in [0.25, 0.3) is 11.4 Å². The second-order valence-electron chi connectivity index (χ2n) is 7.25. The van der Waals surface area contributed by atoms with Crippen LogP contribution in [0, 0.1) is 13.8 Å². The van der Waals surface area contributed by atoms with Gasteiger partial charge >= 0.3 is 0 Å². The number of piperazine rings is 1. The van der Waals surface area contributed by atoms with Crippen molar-refractivity contribution in [2.75, 3.05) is 31.1 Å². The van der Waals surface area contributed by atoms with Gasteiger partial charge in [0.1, 0.15) is 5.69 Å². The van der Waals surface area contributed by atoms with Gasteiger partial charge in [-0.1, -0.05) is 17.7 Å². The Balaban J connectivity index is 1.47. The van der Waals surface area contributed by atoms with Gasteiger partial charge in [0.05, 0.1) is 10.6 Å². The molecule has 30 heavy (non-hydrogen) atoms. The maximum Gasteiger partial charge on any atom is 0.243 e. The topological polar surface area (TPSA) is 79.3 Å². The molecule has 1 aromatic carbocycles. The Labute approximate surface area is 181 Å².